The molecule has 2 aromatic carbocycles. The SMILES string of the molecule is Cc1ccc(OCc2nc(CN3CCC(NC(=O)CCc4ccccc4)CC3)cs2)cc1. The van der Waals surface area contributed by atoms with Crippen molar-refractivity contribution in [1.82, 2.24) is 15.2 Å². The van der Waals surface area contributed by atoms with Crippen LogP contribution >= 0.6 is 11.3 Å². The molecule has 1 amide bonds. The average Bonchev–Trinajstić information content (AvgIpc) is 3.27. The van der Waals surface area contributed by atoms with E-state index in [0.29, 0.717) is 13.0 Å². The van der Waals surface area contributed by atoms with Gasteiger partial charge in [-0.05, 0) is 43.9 Å². The molecule has 0 spiro atoms. The molecule has 1 N–H and O–H groups in total. The van der Waals surface area contributed by atoms with Gasteiger partial charge in [-0.25, -0.2) is 4.98 Å². The predicted molar refractivity (Wildman–Crippen MR) is 129 cm³/mol. The lowest BCUT2D eigenvalue weighted by Crippen LogP contribution is -2.44. The largest absolute Gasteiger partial charge is 0.486 e. The van der Waals surface area contributed by atoms with Gasteiger partial charge in [0.05, 0.1) is 5.69 Å². The number of aryl methyl sites for hydroxylation is 2. The molecule has 168 valence electrons. The lowest BCUT2D eigenvalue weighted by molar-refractivity contribution is -0.122. The molecule has 0 aliphatic carbocycles. The molecular formula is C26H31N3O2S. The maximum atomic E-state index is 12.3. The first kappa shape index (κ1) is 22.5. The summed E-state index contributed by atoms with van der Waals surface area (Å²) in [4.78, 5) is 19.5. The van der Waals surface area contributed by atoms with Crippen LogP contribution in [-0.2, 0) is 24.4 Å². The van der Waals surface area contributed by atoms with Crippen molar-refractivity contribution in [2.75, 3.05) is 13.1 Å². The number of carbonyl (C=O) groups is 1. The number of hydrogen-bond donors (Lipinski definition) is 1. The second-order valence-corrected chi connectivity index (χ2v) is 9.38. The quantitative estimate of drug-likeness (QED) is 0.512. The minimum Gasteiger partial charge on any atom is -0.486 e. The van der Waals surface area contributed by atoms with Crippen LogP contribution in [0.3, 0.4) is 0 Å². The van der Waals surface area contributed by atoms with Crippen LogP contribution < -0.4 is 10.1 Å². The molecule has 3 aromatic rings. The van der Waals surface area contributed by atoms with Gasteiger partial charge in [0.2, 0.25) is 5.91 Å². The van der Waals surface area contributed by atoms with Gasteiger partial charge < -0.3 is 10.1 Å². The number of amides is 1. The Labute approximate surface area is 194 Å². The lowest BCUT2D eigenvalue weighted by atomic mass is 10.0. The van der Waals surface area contributed by atoms with Gasteiger partial charge in [0, 0.05) is 37.5 Å². The first-order chi connectivity index (χ1) is 15.6. The first-order valence-electron chi connectivity index (χ1n) is 11.3. The number of piperidine rings is 1. The number of ether oxygens (including phenoxy) is 1. The van der Waals surface area contributed by atoms with Crippen LogP contribution in [0.1, 0.15) is 41.1 Å². The molecule has 1 aromatic heterocycles. The highest BCUT2D eigenvalue weighted by atomic mass is 32.1. The van der Waals surface area contributed by atoms with E-state index in [2.05, 4.69) is 46.8 Å². The number of rotatable bonds is 9. The Kier molecular flexibility index (Phi) is 7.91. The Hall–Kier alpha value is -2.70. The summed E-state index contributed by atoms with van der Waals surface area (Å²) in [5, 5.41) is 6.35. The van der Waals surface area contributed by atoms with Crippen molar-refractivity contribution in [2.24, 2.45) is 0 Å². The molecule has 0 unspecified atom stereocenters. The topological polar surface area (TPSA) is 54.5 Å². The summed E-state index contributed by atoms with van der Waals surface area (Å²) in [7, 11) is 0. The zero-order valence-corrected chi connectivity index (χ0v) is 19.4. The summed E-state index contributed by atoms with van der Waals surface area (Å²) < 4.78 is 5.84. The Morgan fingerprint density at radius 2 is 1.88 bits per heavy atom. The molecule has 2 heterocycles. The highest BCUT2D eigenvalue weighted by Gasteiger charge is 2.21. The fourth-order valence-corrected chi connectivity index (χ4v) is 4.63. The van der Waals surface area contributed by atoms with Crippen molar-refractivity contribution in [3.8, 4) is 5.75 Å². The second-order valence-electron chi connectivity index (χ2n) is 8.44. The molecule has 1 aliphatic rings. The van der Waals surface area contributed by atoms with E-state index in [0.717, 1.165) is 55.3 Å². The molecule has 5 nitrogen and oxygen atoms in total. The van der Waals surface area contributed by atoms with Crippen LogP contribution in [0, 0.1) is 6.92 Å². The third-order valence-corrected chi connectivity index (χ3v) is 6.68. The van der Waals surface area contributed by atoms with Crippen LogP contribution in [0.15, 0.2) is 60.0 Å². The van der Waals surface area contributed by atoms with Gasteiger partial charge in [-0.2, -0.15) is 0 Å². The van der Waals surface area contributed by atoms with Gasteiger partial charge in [0.1, 0.15) is 17.4 Å². The molecule has 4 rings (SSSR count). The summed E-state index contributed by atoms with van der Waals surface area (Å²) >= 11 is 1.65. The van der Waals surface area contributed by atoms with Crippen molar-refractivity contribution in [3.63, 3.8) is 0 Å². The molecular weight excluding hydrogens is 418 g/mol. The van der Waals surface area contributed by atoms with E-state index in [-0.39, 0.29) is 11.9 Å². The summed E-state index contributed by atoms with van der Waals surface area (Å²) in [6.07, 6.45) is 3.33. The number of carbonyl (C=O) groups excluding carboxylic acids is 1. The van der Waals surface area contributed by atoms with E-state index in [1.165, 1.54) is 11.1 Å². The van der Waals surface area contributed by atoms with E-state index < -0.39 is 0 Å². The third kappa shape index (κ3) is 6.90. The van der Waals surface area contributed by atoms with Gasteiger partial charge in [-0.15, -0.1) is 11.3 Å². The fraction of sp³-hybridized carbons (Fsp3) is 0.385. The number of benzene rings is 2. The van der Waals surface area contributed by atoms with E-state index in [9.17, 15) is 4.79 Å². The second kappa shape index (κ2) is 11.2. The molecule has 0 radical (unpaired) electrons. The van der Waals surface area contributed by atoms with Crippen LogP contribution in [0.2, 0.25) is 0 Å². The van der Waals surface area contributed by atoms with Crippen molar-refractivity contribution < 1.29 is 9.53 Å². The van der Waals surface area contributed by atoms with Gasteiger partial charge in [-0.1, -0.05) is 48.0 Å². The Morgan fingerprint density at radius 1 is 1.12 bits per heavy atom. The van der Waals surface area contributed by atoms with E-state index in [1.54, 1.807) is 11.3 Å². The molecule has 0 saturated carbocycles. The number of nitrogens with zero attached hydrogens (tertiary/aromatic N) is 2. The molecule has 6 heteroatoms. The van der Waals surface area contributed by atoms with Gasteiger partial charge in [0.25, 0.3) is 0 Å². The smallest absolute Gasteiger partial charge is 0.220 e. The Balaban J connectivity index is 1.15. The number of nitrogens with one attached hydrogen (secondary N) is 1. The van der Waals surface area contributed by atoms with Crippen LogP contribution in [0.25, 0.3) is 0 Å². The van der Waals surface area contributed by atoms with E-state index in [4.69, 9.17) is 9.72 Å². The van der Waals surface area contributed by atoms with Crippen molar-refractivity contribution >= 4 is 17.2 Å². The van der Waals surface area contributed by atoms with Crippen LogP contribution in [0.5, 0.6) is 5.75 Å². The fourth-order valence-electron chi connectivity index (χ4n) is 3.93. The van der Waals surface area contributed by atoms with Crippen molar-refractivity contribution in [1.29, 1.82) is 0 Å². The highest BCUT2D eigenvalue weighted by molar-refractivity contribution is 7.09. The average molecular weight is 450 g/mol. The minimum atomic E-state index is 0.157. The maximum Gasteiger partial charge on any atom is 0.220 e. The van der Waals surface area contributed by atoms with Gasteiger partial charge >= 0.3 is 0 Å². The summed E-state index contributed by atoms with van der Waals surface area (Å²) in [6, 6.07) is 18.6. The number of thiazole rings is 1. The number of hydrogen-bond acceptors (Lipinski definition) is 5. The van der Waals surface area contributed by atoms with E-state index in [1.807, 2.05) is 30.3 Å². The van der Waals surface area contributed by atoms with Crippen molar-refractivity contribution in [3.05, 3.63) is 81.8 Å². The monoisotopic (exact) mass is 449 g/mol. The molecule has 32 heavy (non-hydrogen) atoms. The first-order valence-corrected chi connectivity index (χ1v) is 12.2. The molecule has 0 bridgehead atoms. The van der Waals surface area contributed by atoms with Crippen LogP contribution in [-0.4, -0.2) is 34.9 Å². The third-order valence-electron chi connectivity index (χ3n) is 5.80. The van der Waals surface area contributed by atoms with Gasteiger partial charge in [-0.3, -0.25) is 9.69 Å². The Morgan fingerprint density at radius 3 is 2.62 bits per heavy atom. The molecule has 0 atom stereocenters. The summed E-state index contributed by atoms with van der Waals surface area (Å²) in [6.45, 7) is 5.40. The molecule has 1 fully saturated rings. The normalized spacial score (nSPS) is 14.9. The summed E-state index contributed by atoms with van der Waals surface area (Å²) in [5.41, 5.74) is 3.54. The molecule has 1 saturated heterocycles. The Bertz CT molecular complexity index is 980. The summed E-state index contributed by atoms with van der Waals surface area (Å²) in [5.74, 6) is 1.03. The predicted octanol–water partition coefficient (Wildman–Crippen LogP) is 4.74. The van der Waals surface area contributed by atoms with Crippen molar-refractivity contribution in [2.45, 2.75) is 51.8 Å². The standard InChI is InChI=1S/C26H31N3O2S/c1-20-7-10-24(11-8-20)31-18-26-28-23(19-32-26)17-29-15-13-22(14-16-29)27-25(30)12-9-21-5-3-2-4-6-21/h2-8,10-11,19,22H,9,12-18H2,1H3,(H,27,30). The van der Waals surface area contributed by atoms with Crippen LogP contribution in [0.4, 0.5) is 0 Å². The lowest BCUT2D eigenvalue weighted by Gasteiger charge is -2.31. The molecule has 1 aliphatic heterocycles. The maximum absolute atomic E-state index is 12.3. The van der Waals surface area contributed by atoms with Gasteiger partial charge in [0.15, 0.2) is 0 Å². The highest BCUT2D eigenvalue weighted by Crippen LogP contribution is 2.19. The van der Waals surface area contributed by atoms with E-state index >= 15 is 0 Å². The minimum absolute atomic E-state index is 0.157. The number of likely N-dealkylation sites (tertiary alicyclic amines) is 1. The zero-order chi connectivity index (χ0) is 22.2. The zero-order valence-electron chi connectivity index (χ0n) is 18.6. The number of aromatic nitrogens is 1.